The van der Waals surface area contributed by atoms with E-state index in [1.54, 1.807) is 0 Å². The van der Waals surface area contributed by atoms with E-state index in [0.29, 0.717) is 5.92 Å². The van der Waals surface area contributed by atoms with Gasteiger partial charge in [-0.05, 0) is 86.2 Å². The molecule has 0 heterocycles. The third kappa shape index (κ3) is 6.02. The largest absolute Gasteiger partial charge is 0.396 e. The molecule has 2 fully saturated rings. The molecular weight excluding hydrogens is 385 g/mol. The minimum absolute atomic E-state index is 0.0311. The fourth-order valence-electron chi connectivity index (χ4n) is 6.11. The third-order valence-electron chi connectivity index (χ3n) is 8.09. The highest BCUT2D eigenvalue weighted by Crippen LogP contribution is 2.44. The highest BCUT2D eigenvalue weighted by atomic mass is 19.2. The summed E-state index contributed by atoms with van der Waals surface area (Å²) in [5.74, 6) is -0.826. The van der Waals surface area contributed by atoms with E-state index in [0.717, 1.165) is 36.7 Å². The van der Waals surface area contributed by atoms with Crippen molar-refractivity contribution < 1.29 is 18.3 Å². The van der Waals surface area contributed by atoms with E-state index in [4.69, 9.17) is 0 Å². The van der Waals surface area contributed by atoms with Crippen molar-refractivity contribution >= 4 is 0 Å². The molecule has 170 valence electrons. The van der Waals surface area contributed by atoms with Crippen molar-refractivity contribution in [2.45, 2.75) is 90.4 Å². The molecular formula is C26H39F3O. The Morgan fingerprint density at radius 2 is 1.50 bits per heavy atom. The summed E-state index contributed by atoms with van der Waals surface area (Å²) >= 11 is 0. The second-order valence-corrected chi connectivity index (χ2v) is 9.93. The molecule has 0 amide bonds. The molecule has 1 aromatic rings. The zero-order valence-corrected chi connectivity index (χ0v) is 18.5. The molecule has 1 aromatic carbocycles. The Morgan fingerprint density at radius 1 is 0.867 bits per heavy atom. The molecule has 4 heteroatoms. The van der Waals surface area contributed by atoms with Crippen LogP contribution in [0.4, 0.5) is 13.2 Å². The lowest BCUT2D eigenvalue weighted by Gasteiger charge is -2.39. The summed E-state index contributed by atoms with van der Waals surface area (Å²) in [6.45, 7) is 2.24. The van der Waals surface area contributed by atoms with Gasteiger partial charge in [-0.3, -0.25) is 0 Å². The van der Waals surface area contributed by atoms with Crippen LogP contribution in [0.5, 0.6) is 0 Å². The first-order valence-electron chi connectivity index (χ1n) is 12.3. The van der Waals surface area contributed by atoms with E-state index in [9.17, 15) is 18.3 Å². The van der Waals surface area contributed by atoms with Crippen molar-refractivity contribution in [1.82, 2.24) is 0 Å². The molecule has 0 bridgehead atoms. The zero-order valence-electron chi connectivity index (χ0n) is 18.5. The van der Waals surface area contributed by atoms with Crippen LogP contribution >= 0.6 is 0 Å². The Hall–Kier alpha value is -1.03. The third-order valence-corrected chi connectivity index (χ3v) is 8.09. The van der Waals surface area contributed by atoms with Crippen molar-refractivity contribution in [2.24, 2.45) is 29.6 Å². The van der Waals surface area contributed by atoms with E-state index in [1.807, 2.05) is 0 Å². The van der Waals surface area contributed by atoms with Crippen molar-refractivity contribution in [3.63, 3.8) is 0 Å². The lowest BCUT2D eigenvalue weighted by molar-refractivity contribution is 0.0967. The van der Waals surface area contributed by atoms with Gasteiger partial charge in [-0.15, -0.1) is 0 Å². The van der Waals surface area contributed by atoms with Gasteiger partial charge in [0, 0.05) is 6.61 Å². The van der Waals surface area contributed by atoms with Gasteiger partial charge in [-0.2, -0.15) is 0 Å². The Balaban J connectivity index is 1.46. The van der Waals surface area contributed by atoms with Crippen molar-refractivity contribution in [2.75, 3.05) is 6.61 Å². The molecule has 0 aliphatic heterocycles. The van der Waals surface area contributed by atoms with E-state index < -0.39 is 17.5 Å². The van der Waals surface area contributed by atoms with Crippen molar-refractivity contribution in [3.8, 4) is 0 Å². The molecule has 1 N–H and O–H groups in total. The fourth-order valence-corrected chi connectivity index (χ4v) is 6.11. The van der Waals surface area contributed by atoms with Crippen molar-refractivity contribution in [1.29, 1.82) is 0 Å². The quantitative estimate of drug-likeness (QED) is 0.322. The van der Waals surface area contributed by atoms with Crippen LogP contribution < -0.4 is 0 Å². The van der Waals surface area contributed by atoms with Gasteiger partial charge in [0.2, 0.25) is 0 Å². The normalized spacial score (nSPS) is 28.4. The molecule has 2 saturated carbocycles. The standard InChI is InChI=1S/C26H39F3O/c1-2-3-4-5-18-6-8-19(9-7-18)20-10-12-21(13-11-20)23(17-30)16-22-14-15-24(27)26(29)25(22)28/h14-15,18-21,23,30H,2-13,16-17H2,1H3. The molecule has 1 atom stereocenters. The Kier molecular flexibility index (Phi) is 9.10. The van der Waals surface area contributed by atoms with Crippen LogP contribution in [0.2, 0.25) is 0 Å². The molecule has 0 aromatic heterocycles. The van der Waals surface area contributed by atoms with E-state index in [1.165, 1.54) is 70.3 Å². The Morgan fingerprint density at radius 3 is 2.10 bits per heavy atom. The lowest BCUT2D eigenvalue weighted by Crippen LogP contribution is -2.30. The van der Waals surface area contributed by atoms with Gasteiger partial charge < -0.3 is 5.11 Å². The summed E-state index contributed by atoms with van der Waals surface area (Å²) in [7, 11) is 0. The molecule has 1 nitrogen and oxygen atoms in total. The monoisotopic (exact) mass is 424 g/mol. The van der Waals surface area contributed by atoms with Crippen LogP contribution in [0.25, 0.3) is 0 Å². The van der Waals surface area contributed by atoms with Crippen LogP contribution in [0.3, 0.4) is 0 Å². The van der Waals surface area contributed by atoms with Gasteiger partial charge >= 0.3 is 0 Å². The molecule has 1 unspecified atom stereocenters. The number of unbranched alkanes of at least 4 members (excludes halogenated alkanes) is 2. The number of hydrogen-bond donors (Lipinski definition) is 1. The first-order valence-corrected chi connectivity index (χ1v) is 12.3. The number of halogens is 3. The summed E-state index contributed by atoms with van der Waals surface area (Å²) < 4.78 is 40.8. The maximum atomic E-state index is 14.1. The van der Waals surface area contributed by atoms with Gasteiger partial charge in [0.15, 0.2) is 17.5 Å². The van der Waals surface area contributed by atoms with Gasteiger partial charge in [0.05, 0.1) is 0 Å². The van der Waals surface area contributed by atoms with E-state index in [-0.39, 0.29) is 24.5 Å². The van der Waals surface area contributed by atoms with Gasteiger partial charge in [-0.1, -0.05) is 51.5 Å². The first-order chi connectivity index (χ1) is 14.5. The minimum atomic E-state index is -1.40. The van der Waals surface area contributed by atoms with Crippen molar-refractivity contribution in [3.05, 3.63) is 35.1 Å². The summed E-state index contributed by atoms with van der Waals surface area (Å²) in [5, 5.41) is 9.90. The first kappa shape index (κ1) is 23.6. The maximum absolute atomic E-state index is 14.1. The fraction of sp³-hybridized carbons (Fsp3) is 0.769. The van der Waals surface area contributed by atoms with Crippen LogP contribution in [-0.2, 0) is 6.42 Å². The van der Waals surface area contributed by atoms with Gasteiger partial charge in [-0.25, -0.2) is 13.2 Å². The van der Waals surface area contributed by atoms with Crippen LogP contribution in [0.15, 0.2) is 12.1 Å². The number of rotatable bonds is 9. The number of benzene rings is 1. The molecule has 2 aliphatic rings. The van der Waals surface area contributed by atoms with E-state index >= 15 is 0 Å². The highest BCUT2D eigenvalue weighted by Gasteiger charge is 2.33. The summed E-state index contributed by atoms with van der Waals surface area (Å²) in [6.07, 6.45) is 15.7. The molecule has 3 rings (SSSR count). The topological polar surface area (TPSA) is 20.2 Å². The summed E-state index contributed by atoms with van der Waals surface area (Å²) in [6, 6.07) is 2.30. The number of aliphatic hydroxyl groups is 1. The number of aliphatic hydroxyl groups excluding tert-OH is 1. The second kappa shape index (κ2) is 11.5. The van der Waals surface area contributed by atoms with Gasteiger partial charge in [0.25, 0.3) is 0 Å². The summed E-state index contributed by atoms with van der Waals surface area (Å²) in [4.78, 5) is 0. The lowest BCUT2D eigenvalue weighted by atomic mass is 9.66. The SMILES string of the molecule is CCCCCC1CCC(C2CCC(C(CO)Cc3ccc(F)c(F)c3F)CC2)CC1. The van der Waals surface area contributed by atoms with Crippen LogP contribution in [0, 0.1) is 47.0 Å². The Labute approximate surface area is 180 Å². The average Bonchev–Trinajstić information content (AvgIpc) is 2.78. The maximum Gasteiger partial charge on any atom is 0.194 e. The van der Waals surface area contributed by atoms with Gasteiger partial charge in [0.1, 0.15) is 0 Å². The molecule has 30 heavy (non-hydrogen) atoms. The van der Waals surface area contributed by atoms with Crippen LogP contribution in [-0.4, -0.2) is 11.7 Å². The molecule has 0 saturated heterocycles. The molecule has 0 spiro atoms. The highest BCUT2D eigenvalue weighted by molar-refractivity contribution is 5.21. The number of hydrogen-bond acceptors (Lipinski definition) is 1. The minimum Gasteiger partial charge on any atom is -0.396 e. The predicted molar refractivity (Wildman–Crippen MR) is 116 cm³/mol. The average molecular weight is 425 g/mol. The predicted octanol–water partition coefficient (Wildman–Crippen LogP) is 7.45. The summed E-state index contributed by atoms with van der Waals surface area (Å²) in [5.41, 5.74) is 0.177. The molecule has 0 radical (unpaired) electrons. The smallest absolute Gasteiger partial charge is 0.194 e. The van der Waals surface area contributed by atoms with E-state index in [2.05, 4.69) is 6.92 Å². The Bertz CT molecular complexity index is 646. The second-order valence-electron chi connectivity index (χ2n) is 9.93. The zero-order chi connectivity index (χ0) is 21.5. The van der Waals surface area contributed by atoms with Crippen LogP contribution in [0.1, 0.15) is 89.5 Å². The molecule has 2 aliphatic carbocycles.